The van der Waals surface area contributed by atoms with Gasteiger partial charge in [-0.2, -0.15) is 0 Å². The number of thiophene rings is 1. The molecule has 122 valence electrons. The maximum atomic E-state index is 12.7. The molecule has 2 heterocycles. The number of carbonyl (C=O) groups excluding carboxylic acids is 1. The number of ether oxygens (including phenoxy) is 1. The van der Waals surface area contributed by atoms with Gasteiger partial charge in [0.2, 0.25) is 5.91 Å². The quantitative estimate of drug-likeness (QED) is 0.855. The van der Waals surface area contributed by atoms with Crippen LogP contribution >= 0.6 is 22.9 Å². The number of halogens is 1. The lowest BCUT2D eigenvalue weighted by Gasteiger charge is -2.18. The van der Waals surface area contributed by atoms with Crippen molar-refractivity contribution in [3.8, 4) is 0 Å². The van der Waals surface area contributed by atoms with Gasteiger partial charge in [0.25, 0.3) is 0 Å². The Hall–Kier alpha value is -1.36. The van der Waals surface area contributed by atoms with Crippen molar-refractivity contribution in [3.63, 3.8) is 0 Å². The standard InChI is InChI=1S/C18H20ClNO2S/c19-14-7-5-13(6-8-14)17(11-16-4-2-10-23-16)18(21)20-12-15-3-1-9-22-15/h2,4-8,10,15,17H,1,3,9,11-12H2,(H,20,21). The average Bonchev–Trinajstić information content (AvgIpc) is 3.25. The van der Waals surface area contributed by atoms with Crippen LogP contribution in [0.25, 0.3) is 0 Å². The highest BCUT2D eigenvalue weighted by molar-refractivity contribution is 7.09. The zero-order valence-electron chi connectivity index (χ0n) is 12.8. The Morgan fingerprint density at radius 3 is 2.83 bits per heavy atom. The molecular formula is C18H20ClNO2S. The third-order valence-electron chi connectivity index (χ3n) is 4.10. The number of amides is 1. The molecule has 0 bridgehead atoms. The van der Waals surface area contributed by atoms with Gasteiger partial charge in [-0.3, -0.25) is 4.79 Å². The predicted molar refractivity (Wildman–Crippen MR) is 94.2 cm³/mol. The molecule has 1 aliphatic heterocycles. The predicted octanol–water partition coefficient (Wildman–Crippen LogP) is 4.02. The summed E-state index contributed by atoms with van der Waals surface area (Å²) in [4.78, 5) is 13.9. The maximum Gasteiger partial charge on any atom is 0.228 e. The SMILES string of the molecule is O=C(NCC1CCCO1)C(Cc1cccs1)c1ccc(Cl)cc1. The molecule has 1 amide bonds. The summed E-state index contributed by atoms with van der Waals surface area (Å²) in [7, 11) is 0. The van der Waals surface area contributed by atoms with Crippen LogP contribution in [0.5, 0.6) is 0 Å². The molecule has 3 nitrogen and oxygen atoms in total. The summed E-state index contributed by atoms with van der Waals surface area (Å²) < 4.78 is 5.58. The first-order valence-corrected chi connectivity index (χ1v) is 9.15. The fourth-order valence-corrected chi connectivity index (χ4v) is 3.71. The van der Waals surface area contributed by atoms with E-state index in [9.17, 15) is 4.79 Å². The molecule has 1 N–H and O–H groups in total. The van der Waals surface area contributed by atoms with Crippen LogP contribution < -0.4 is 5.32 Å². The van der Waals surface area contributed by atoms with Gasteiger partial charge < -0.3 is 10.1 Å². The van der Waals surface area contributed by atoms with Gasteiger partial charge in [-0.25, -0.2) is 0 Å². The number of benzene rings is 1. The zero-order chi connectivity index (χ0) is 16.1. The van der Waals surface area contributed by atoms with Crippen LogP contribution in [0.2, 0.25) is 5.02 Å². The highest BCUT2D eigenvalue weighted by Gasteiger charge is 2.23. The third kappa shape index (κ3) is 4.56. The van der Waals surface area contributed by atoms with Crippen molar-refractivity contribution in [2.75, 3.05) is 13.2 Å². The molecule has 5 heteroatoms. The molecule has 1 saturated heterocycles. The van der Waals surface area contributed by atoms with Gasteiger partial charge in [-0.05, 0) is 48.4 Å². The van der Waals surface area contributed by atoms with Crippen molar-refractivity contribution in [1.82, 2.24) is 5.32 Å². The van der Waals surface area contributed by atoms with Crippen molar-refractivity contribution < 1.29 is 9.53 Å². The van der Waals surface area contributed by atoms with E-state index in [0.717, 1.165) is 25.0 Å². The van der Waals surface area contributed by atoms with Gasteiger partial charge in [0.1, 0.15) is 0 Å². The monoisotopic (exact) mass is 349 g/mol. The molecule has 23 heavy (non-hydrogen) atoms. The molecule has 2 unspecified atom stereocenters. The molecule has 2 aromatic rings. The van der Waals surface area contributed by atoms with Gasteiger partial charge in [0.05, 0.1) is 12.0 Å². The van der Waals surface area contributed by atoms with Gasteiger partial charge in [-0.15, -0.1) is 11.3 Å². The number of hydrogen-bond donors (Lipinski definition) is 1. The molecule has 0 aliphatic carbocycles. The number of nitrogens with one attached hydrogen (secondary N) is 1. The first-order valence-electron chi connectivity index (χ1n) is 7.89. The topological polar surface area (TPSA) is 38.3 Å². The van der Waals surface area contributed by atoms with Crippen molar-refractivity contribution in [1.29, 1.82) is 0 Å². The fourth-order valence-electron chi connectivity index (χ4n) is 2.83. The lowest BCUT2D eigenvalue weighted by atomic mass is 9.94. The summed E-state index contributed by atoms with van der Waals surface area (Å²) in [5.41, 5.74) is 0.993. The molecular weight excluding hydrogens is 330 g/mol. The van der Waals surface area contributed by atoms with Crippen molar-refractivity contribution in [2.24, 2.45) is 0 Å². The summed E-state index contributed by atoms with van der Waals surface area (Å²) in [5.74, 6) is -0.149. The second kappa shape index (κ2) is 7.95. The van der Waals surface area contributed by atoms with Crippen molar-refractivity contribution >= 4 is 28.8 Å². The second-order valence-electron chi connectivity index (χ2n) is 5.77. The minimum Gasteiger partial charge on any atom is -0.376 e. The second-order valence-corrected chi connectivity index (χ2v) is 7.24. The summed E-state index contributed by atoms with van der Waals surface area (Å²) in [5, 5.41) is 5.78. The lowest BCUT2D eigenvalue weighted by Crippen LogP contribution is -2.36. The van der Waals surface area contributed by atoms with Crippen molar-refractivity contribution in [3.05, 3.63) is 57.2 Å². The van der Waals surface area contributed by atoms with E-state index in [1.165, 1.54) is 4.88 Å². The minimum absolute atomic E-state index is 0.0521. The van der Waals surface area contributed by atoms with Crippen LogP contribution in [0.4, 0.5) is 0 Å². The molecule has 1 fully saturated rings. The van der Waals surface area contributed by atoms with E-state index in [2.05, 4.69) is 11.4 Å². The number of carbonyl (C=O) groups is 1. The molecule has 1 aliphatic rings. The Labute approximate surface area is 145 Å². The van der Waals surface area contributed by atoms with Crippen LogP contribution in [0.1, 0.15) is 29.2 Å². The Kier molecular flexibility index (Phi) is 5.70. The van der Waals surface area contributed by atoms with E-state index in [1.54, 1.807) is 11.3 Å². The Morgan fingerprint density at radius 1 is 1.35 bits per heavy atom. The highest BCUT2D eigenvalue weighted by atomic mass is 35.5. The van der Waals surface area contributed by atoms with E-state index in [0.29, 0.717) is 18.0 Å². The Balaban J connectivity index is 1.70. The maximum absolute atomic E-state index is 12.7. The summed E-state index contributed by atoms with van der Waals surface area (Å²) in [6, 6.07) is 11.6. The summed E-state index contributed by atoms with van der Waals surface area (Å²) in [6.45, 7) is 1.39. The zero-order valence-corrected chi connectivity index (χ0v) is 14.4. The molecule has 1 aromatic carbocycles. The molecule has 1 aromatic heterocycles. The average molecular weight is 350 g/mol. The molecule has 3 rings (SSSR count). The molecule has 0 spiro atoms. The van der Waals surface area contributed by atoms with E-state index in [4.69, 9.17) is 16.3 Å². The van der Waals surface area contributed by atoms with Crippen molar-refractivity contribution in [2.45, 2.75) is 31.3 Å². The van der Waals surface area contributed by atoms with Crippen LogP contribution in [-0.2, 0) is 16.0 Å². The normalized spacial score (nSPS) is 18.7. The Morgan fingerprint density at radius 2 is 2.17 bits per heavy atom. The number of hydrogen-bond acceptors (Lipinski definition) is 3. The van der Waals surface area contributed by atoms with Crippen LogP contribution in [0.3, 0.4) is 0 Å². The van der Waals surface area contributed by atoms with Gasteiger partial charge in [0, 0.05) is 23.1 Å². The van der Waals surface area contributed by atoms with Crippen LogP contribution in [0, 0.1) is 0 Å². The smallest absolute Gasteiger partial charge is 0.228 e. The van der Waals surface area contributed by atoms with E-state index in [1.807, 2.05) is 35.7 Å². The van der Waals surface area contributed by atoms with E-state index < -0.39 is 0 Å². The van der Waals surface area contributed by atoms with Crippen LogP contribution in [0.15, 0.2) is 41.8 Å². The minimum atomic E-state index is -0.202. The van der Waals surface area contributed by atoms with E-state index in [-0.39, 0.29) is 17.9 Å². The lowest BCUT2D eigenvalue weighted by molar-refractivity contribution is -0.123. The fraction of sp³-hybridized carbons (Fsp3) is 0.389. The highest BCUT2D eigenvalue weighted by Crippen LogP contribution is 2.25. The van der Waals surface area contributed by atoms with E-state index >= 15 is 0 Å². The molecule has 0 radical (unpaired) electrons. The molecule has 2 atom stereocenters. The summed E-state index contributed by atoms with van der Waals surface area (Å²) >= 11 is 7.65. The van der Waals surface area contributed by atoms with Gasteiger partial charge in [-0.1, -0.05) is 29.8 Å². The third-order valence-corrected chi connectivity index (χ3v) is 5.25. The number of rotatable bonds is 6. The first kappa shape index (κ1) is 16.5. The summed E-state index contributed by atoms with van der Waals surface area (Å²) in [6.07, 6.45) is 2.97. The largest absolute Gasteiger partial charge is 0.376 e. The first-order chi connectivity index (χ1) is 11.2. The van der Waals surface area contributed by atoms with Gasteiger partial charge in [0.15, 0.2) is 0 Å². The van der Waals surface area contributed by atoms with Gasteiger partial charge >= 0.3 is 0 Å². The Bertz CT molecular complexity index is 621. The van der Waals surface area contributed by atoms with Crippen LogP contribution in [-0.4, -0.2) is 25.2 Å². The molecule has 0 saturated carbocycles.